The fourth-order valence-corrected chi connectivity index (χ4v) is 2.15. The average Bonchev–Trinajstić information content (AvgIpc) is 2.26. The number of benzene rings is 1. The number of carboxylic acid groups (broad SMARTS) is 1. The minimum Gasteiger partial charge on any atom is -0.494 e. The predicted octanol–water partition coefficient (Wildman–Crippen LogP) is 2.37. The molecule has 0 bridgehead atoms. The highest BCUT2D eigenvalue weighted by molar-refractivity contribution is 6.33. The Morgan fingerprint density at radius 3 is 3.00 bits per heavy atom. The van der Waals surface area contributed by atoms with Gasteiger partial charge in [0.25, 0.3) is 0 Å². The van der Waals surface area contributed by atoms with Crippen LogP contribution >= 0.6 is 11.6 Å². The predicted molar refractivity (Wildman–Crippen MR) is 58.8 cm³/mol. The number of hydrogen-bond donors (Lipinski definition) is 1. The molecule has 0 radical (unpaired) electrons. The third-order valence-corrected chi connectivity index (χ3v) is 2.83. The first-order valence-electron chi connectivity index (χ1n) is 4.90. The van der Waals surface area contributed by atoms with E-state index in [2.05, 4.69) is 0 Å². The summed E-state index contributed by atoms with van der Waals surface area (Å²) < 4.78 is 10.4. The van der Waals surface area contributed by atoms with Crippen molar-refractivity contribution in [1.82, 2.24) is 0 Å². The molecule has 86 valence electrons. The van der Waals surface area contributed by atoms with Gasteiger partial charge in [0.05, 0.1) is 18.7 Å². The summed E-state index contributed by atoms with van der Waals surface area (Å²) in [6, 6.07) is 1.61. The maximum absolute atomic E-state index is 11.2. The van der Waals surface area contributed by atoms with E-state index in [1.807, 2.05) is 0 Å². The van der Waals surface area contributed by atoms with Crippen LogP contribution in [0.1, 0.15) is 22.3 Å². The van der Waals surface area contributed by atoms with Crippen molar-refractivity contribution in [3.05, 3.63) is 22.2 Å². The molecule has 1 aliphatic rings. The molecule has 2 rings (SSSR count). The molecule has 5 heteroatoms. The van der Waals surface area contributed by atoms with Crippen LogP contribution in [0.3, 0.4) is 0 Å². The van der Waals surface area contributed by atoms with E-state index < -0.39 is 5.97 Å². The van der Waals surface area contributed by atoms with Crippen molar-refractivity contribution in [2.75, 3.05) is 13.7 Å². The number of rotatable bonds is 2. The topological polar surface area (TPSA) is 55.8 Å². The summed E-state index contributed by atoms with van der Waals surface area (Å²) in [5.74, 6) is -0.283. The first-order valence-corrected chi connectivity index (χ1v) is 5.28. The van der Waals surface area contributed by atoms with Gasteiger partial charge in [-0.2, -0.15) is 0 Å². The second-order valence-electron chi connectivity index (χ2n) is 3.50. The zero-order chi connectivity index (χ0) is 11.7. The molecule has 0 atom stereocenters. The zero-order valence-electron chi connectivity index (χ0n) is 8.75. The van der Waals surface area contributed by atoms with E-state index in [9.17, 15) is 9.90 Å². The van der Waals surface area contributed by atoms with Crippen molar-refractivity contribution in [3.8, 4) is 11.5 Å². The first-order chi connectivity index (χ1) is 7.65. The number of methoxy groups -OCH3 is 1. The molecule has 1 aliphatic heterocycles. The van der Waals surface area contributed by atoms with Crippen LogP contribution in [0.15, 0.2) is 6.07 Å². The second kappa shape index (κ2) is 4.22. The number of hydrogen-bond acceptors (Lipinski definition) is 3. The molecule has 4 nitrogen and oxygen atoms in total. The second-order valence-corrected chi connectivity index (χ2v) is 3.91. The summed E-state index contributed by atoms with van der Waals surface area (Å²) in [6.07, 6.45) is 1.47. The lowest BCUT2D eigenvalue weighted by Gasteiger charge is -2.21. The first kappa shape index (κ1) is 11.1. The Morgan fingerprint density at radius 1 is 1.62 bits per heavy atom. The lowest BCUT2D eigenvalue weighted by atomic mass is 9.99. The van der Waals surface area contributed by atoms with Gasteiger partial charge >= 0.3 is 5.97 Å². The van der Waals surface area contributed by atoms with E-state index in [0.717, 1.165) is 6.42 Å². The number of ether oxygens (including phenoxy) is 2. The number of carboxylic acids is 1. The normalized spacial score (nSPS) is 13.9. The van der Waals surface area contributed by atoms with Crippen molar-refractivity contribution in [3.63, 3.8) is 0 Å². The fourth-order valence-electron chi connectivity index (χ4n) is 1.88. The quantitative estimate of drug-likeness (QED) is 0.865. The lowest BCUT2D eigenvalue weighted by Crippen LogP contribution is -2.14. The number of halogens is 1. The molecule has 0 amide bonds. The van der Waals surface area contributed by atoms with E-state index in [0.29, 0.717) is 24.3 Å². The van der Waals surface area contributed by atoms with Crippen LogP contribution in [-0.2, 0) is 6.42 Å². The maximum atomic E-state index is 11.2. The molecule has 1 aromatic rings. The molecule has 0 fully saturated rings. The van der Waals surface area contributed by atoms with E-state index >= 15 is 0 Å². The van der Waals surface area contributed by atoms with Crippen LogP contribution in [0.2, 0.25) is 5.02 Å². The van der Waals surface area contributed by atoms with Gasteiger partial charge in [-0.3, -0.25) is 0 Å². The zero-order valence-corrected chi connectivity index (χ0v) is 9.50. The highest BCUT2D eigenvalue weighted by Gasteiger charge is 2.25. The summed E-state index contributed by atoms with van der Waals surface area (Å²) >= 11 is 5.94. The fraction of sp³-hybridized carbons (Fsp3) is 0.364. The number of carbonyl (C=O) groups is 1. The minimum atomic E-state index is -1.04. The van der Waals surface area contributed by atoms with Crippen molar-refractivity contribution in [1.29, 1.82) is 0 Å². The Morgan fingerprint density at radius 2 is 2.38 bits per heavy atom. The highest BCUT2D eigenvalue weighted by Crippen LogP contribution is 2.39. The Hall–Kier alpha value is -1.42. The van der Waals surface area contributed by atoms with Gasteiger partial charge in [-0.15, -0.1) is 0 Å². The molecule has 0 unspecified atom stereocenters. The molecule has 0 saturated carbocycles. The molecule has 0 spiro atoms. The van der Waals surface area contributed by atoms with Crippen LogP contribution in [0.4, 0.5) is 0 Å². The van der Waals surface area contributed by atoms with Gasteiger partial charge in [-0.25, -0.2) is 4.79 Å². The van der Waals surface area contributed by atoms with Crippen LogP contribution in [0, 0.1) is 0 Å². The average molecular weight is 243 g/mol. The third kappa shape index (κ3) is 1.69. The monoisotopic (exact) mass is 242 g/mol. The van der Waals surface area contributed by atoms with E-state index in [4.69, 9.17) is 21.1 Å². The Labute approximate surface area is 97.7 Å². The molecular formula is C11H11ClO4. The van der Waals surface area contributed by atoms with Crippen LogP contribution in [0.25, 0.3) is 0 Å². The number of aromatic carboxylic acids is 1. The number of fused-ring (bicyclic) bond motifs is 1. The van der Waals surface area contributed by atoms with Crippen molar-refractivity contribution < 1.29 is 19.4 Å². The van der Waals surface area contributed by atoms with Gasteiger partial charge in [0.15, 0.2) is 5.75 Å². The molecule has 1 heterocycles. The van der Waals surface area contributed by atoms with Crippen molar-refractivity contribution in [2.24, 2.45) is 0 Å². The van der Waals surface area contributed by atoms with Crippen LogP contribution in [0.5, 0.6) is 11.5 Å². The van der Waals surface area contributed by atoms with E-state index in [1.165, 1.54) is 7.11 Å². The van der Waals surface area contributed by atoms with Gasteiger partial charge in [-0.05, 0) is 12.8 Å². The van der Waals surface area contributed by atoms with Crippen molar-refractivity contribution in [2.45, 2.75) is 12.8 Å². The summed E-state index contributed by atoms with van der Waals surface area (Å²) in [7, 11) is 1.41. The van der Waals surface area contributed by atoms with Gasteiger partial charge < -0.3 is 14.6 Å². The van der Waals surface area contributed by atoms with Crippen LogP contribution < -0.4 is 9.47 Å². The Balaban J connectivity index is 2.68. The molecule has 1 N–H and O–H groups in total. The summed E-state index contributed by atoms with van der Waals surface area (Å²) in [6.45, 7) is 0.592. The summed E-state index contributed by atoms with van der Waals surface area (Å²) in [4.78, 5) is 11.2. The highest BCUT2D eigenvalue weighted by atomic mass is 35.5. The molecule has 0 aromatic heterocycles. The Kier molecular flexibility index (Phi) is 2.92. The van der Waals surface area contributed by atoms with E-state index in [-0.39, 0.29) is 16.3 Å². The smallest absolute Gasteiger partial charge is 0.339 e. The van der Waals surface area contributed by atoms with Gasteiger partial charge in [0.2, 0.25) is 0 Å². The lowest BCUT2D eigenvalue weighted by molar-refractivity contribution is 0.0690. The summed E-state index contributed by atoms with van der Waals surface area (Å²) in [5, 5.41) is 9.45. The molecular weight excluding hydrogens is 232 g/mol. The standard InChI is InChI=1S/C11H11ClO4/c1-15-10-7(12)5-8-6(3-2-4-16-8)9(10)11(13)14/h5H,2-4H2,1H3,(H,13,14). The van der Waals surface area contributed by atoms with Gasteiger partial charge in [-0.1, -0.05) is 11.6 Å². The molecule has 0 saturated heterocycles. The third-order valence-electron chi connectivity index (χ3n) is 2.55. The largest absolute Gasteiger partial charge is 0.494 e. The van der Waals surface area contributed by atoms with E-state index in [1.54, 1.807) is 6.07 Å². The van der Waals surface area contributed by atoms with Crippen LogP contribution in [-0.4, -0.2) is 24.8 Å². The molecule has 16 heavy (non-hydrogen) atoms. The maximum Gasteiger partial charge on any atom is 0.339 e. The summed E-state index contributed by atoms with van der Waals surface area (Å²) in [5.41, 5.74) is 0.782. The molecule has 1 aromatic carbocycles. The SMILES string of the molecule is COc1c(Cl)cc2c(c1C(=O)O)CCCO2. The minimum absolute atomic E-state index is 0.115. The van der Waals surface area contributed by atoms with Gasteiger partial charge in [0.1, 0.15) is 11.3 Å². The van der Waals surface area contributed by atoms with Crippen molar-refractivity contribution >= 4 is 17.6 Å². The van der Waals surface area contributed by atoms with Gasteiger partial charge in [0, 0.05) is 11.6 Å². The molecule has 0 aliphatic carbocycles. The Bertz CT molecular complexity index is 442.